The second kappa shape index (κ2) is 10.9. The van der Waals surface area contributed by atoms with E-state index >= 15 is 0 Å². The summed E-state index contributed by atoms with van der Waals surface area (Å²) in [5.74, 6) is -0.334. The highest BCUT2D eigenvalue weighted by molar-refractivity contribution is 7.92. The van der Waals surface area contributed by atoms with E-state index in [1.807, 2.05) is 24.3 Å². The van der Waals surface area contributed by atoms with E-state index in [1.165, 1.54) is 18.3 Å². The number of rotatable bonds is 9. The van der Waals surface area contributed by atoms with Gasteiger partial charge >= 0.3 is 0 Å². The Balaban J connectivity index is 1.63. The molecule has 0 saturated heterocycles. The van der Waals surface area contributed by atoms with Crippen molar-refractivity contribution in [2.45, 2.75) is 11.8 Å². The molecule has 0 atom stereocenters. The zero-order valence-corrected chi connectivity index (χ0v) is 20.4. The number of phenolic OH excluding ortho intramolecular Hbond substituents is 1. The smallest absolute Gasteiger partial charge is 0.264 e. The van der Waals surface area contributed by atoms with E-state index in [-0.39, 0.29) is 16.3 Å². The van der Waals surface area contributed by atoms with Crippen LogP contribution in [0.2, 0.25) is 0 Å². The molecule has 0 spiro atoms. The molecular weight excluding hydrogens is 478 g/mol. The van der Waals surface area contributed by atoms with Crippen LogP contribution in [-0.4, -0.2) is 38.8 Å². The minimum atomic E-state index is -4.10. The van der Waals surface area contributed by atoms with Gasteiger partial charge in [-0.15, -0.1) is 0 Å². The van der Waals surface area contributed by atoms with Gasteiger partial charge in [0.2, 0.25) is 0 Å². The van der Waals surface area contributed by atoms with Crippen LogP contribution in [0.5, 0.6) is 11.5 Å². The summed E-state index contributed by atoms with van der Waals surface area (Å²) >= 11 is 0. The summed E-state index contributed by atoms with van der Waals surface area (Å²) in [4.78, 5) is 12.9. The molecule has 1 amide bonds. The molecule has 0 aliphatic rings. The quantitative estimate of drug-likeness (QED) is 0.262. The molecule has 0 radical (unpaired) electrons. The van der Waals surface area contributed by atoms with Gasteiger partial charge in [0.05, 0.1) is 23.4 Å². The van der Waals surface area contributed by atoms with E-state index in [4.69, 9.17) is 4.74 Å². The minimum absolute atomic E-state index is 0.00521. The van der Waals surface area contributed by atoms with Crippen molar-refractivity contribution < 1.29 is 23.1 Å². The highest BCUT2D eigenvalue weighted by atomic mass is 32.2. The van der Waals surface area contributed by atoms with Crippen molar-refractivity contribution in [2.24, 2.45) is 5.10 Å². The Bertz CT molecular complexity index is 1500. The third-order valence-corrected chi connectivity index (χ3v) is 7.16. The Morgan fingerprint density at radius 2 is 1.67 bits per heavy atom. The van der Waals surface area contributed by atoms with Crippen molar-refractivity contribution in [2.75, 3.05) is 17.5 Å². The first-order valence-electron chi connectivity index (χ1n) is 11.2. The molecule has 36 heavy (non-hydrogen) atoms. The molecule has 0 saturated carbocycles. The van der Waals surface area contributed by atoms with Crippen LogP contribution in [0.4, 0.5) is 5.69 Å². The zero-order chi connectivity index (χ0) is 25.5. The van der Waals surface area contributed by atoms with E-state index < -0.39 is 22.5 Å². The summed E-state index contributed by atoms with van der Waals surface area (Å²) in [5.41, 5.74) is 3.04. The fourth-order valence-electron chi connectivity index (χ4n) is 3.71. The van der Waals surface area contributed by atoms with Crippen molar-refractivity contribution in [3.63, 3.8) is 0 Å². The van der Waals surface area contributed by atoms with Gasteiger partial charge in [-0.25, -0.2) is 13.8 Å². The van der Waals surface area contributed by atoms with Gasteiger partial charge in [0.15, 0.2) is 0 Å². The number of para-hydroxylation sites is 2. The number of hydrazone groups is 1. The molecule has 0 fully saturated rings. The lowest BCUT2D eigenvalue weighted by atomic mass is 10.0. The van der Waals surface area contributed by atoms with Crippen molar-refractivity contribution in [1.29, 1.82) is 0 Å². The van der Waals surface area contributed by atoms with Gasteiger partial charge in [-0.05, 0) is 48.0 Å². The van der Waals surface area contributed by atoms with Crippen LogP contribution < -0.4 is 14.5 Å². The van der Waals surface area contributed by atoms with Gasteiger partial charge in [-0.1, -0.05) is 60.7 Å². The third kappa shape index (κ3) is 5.31. The van der Waals surface area contributed by atoms with Crippen molar-refractivity contribution in [3.05, 3.63) is 96.6 Å². The molecule has 0 heterocycles. The van der Waals surface area contributed by atoms with Gasteiger partial charge < -0.3 is 9.84 Å². The number of nitrogens with one attached hydrogen (secondary N) is 1. The van der Waals surface area contributed by atoms with Gasteiger partial charge in [0, 0.05) is 5.56 Å². The topological polar surface area (TPSA) is 108 Å². The number of aromatic hydroxyl groups is 1. The maximum atomic E-state index is 13.5. The molecule has 0 aliphatic carbocycles. The van der Waals surface area contributed by atoms with Crippen LogP contribution >= 0.6 is 0 Å². The first kappa shape index (κ1) is 24.7. The number of benzene rings is 4. The Labute approximate surface area is 209 Å². The lowest BCUT2D eigenvalue weighted by Gasteiger charge is -2.25. The first-order chi connectivity index (χ1) is 17.4. The number of fused-ring (bicyclic) bond motifs is 1. The van der Waals surface area contributed by atoms with E-state index in [2.05, 4.69) is 10.5 Å². The molecular formula is C27H25N3O5S. The van der Waals surface area contributed by atoms with Crippen molar-refractivity contribution in [3.8, 4) is 11.5 Å². The van der Waals surface area contributed by atoms with Crippen LogP contribution in [0.1, 0.15) is 12.5 Å². The number of carbonyl (C=O) groups excluding carboxylic acids is 1. The average Bonchev–Trinajstić information content (AvgIpc) is 2.89. The highest BCUT2D eigenvalue weighted by Crippen LogP contribution is 2.32. The van der Waals surface area contributed by atoms with Crippen molar-refractivity contribution >= 4 is 38.6 Å². The van der Waals surface area contributed by atoms with Crippen LogP contribution in [0.15, 0.2) is 101 Å². The Kier molecular flexibility index (Phi) is 7.50. The SMILES string of the molecule is CCOc1ccccc1N(CC(=O)N/N=C/c1c(O)ccc2ccccc12)S(=O)(=O)c1ccccc1. The number of hydrogen-bond donors (Lipinski definition) is 2. The second-order valence-corrected chi connectivity index (χ2v) is 9.60. The minimum Gasteiger partial charge on any atom is -0.507 e. The number of ether oxygens (including phenoxy) is 1. The summed E-state index contributed by atoms with van der Waals surface area (Å²) in [6.07, 6.45) is 1.33. The third-order valence-electron chi connectivity index (χ3n) is 5.38. The number of nitrogens with zero attached hydrogens (tertiary/aromatic N) is 2. The predicted octanol–water partition coefficient (Wildman–Crippen LogP) is 4.29. The van der Waals surface area contributed by atoms with Crippen LogP contribution in [-0.2, 0) is 14.8 Å². The lowest BCUT2D eigenvalue weighted by Crippen LogP contribution is -2.39. The highest BCUT2D eigenvalue weighted by Gasteiger charge is 2.29. The summed E-state index contributed by atoms with van der Waals surface area (Å²) in [5, 5.41) is 15.9. The van der Waals surface area contributed by atoms with Gasteiger partial charge in [0.25, 0.3) is 15.9 Å². The number of carbonyl (C=O) groups is 1. The first-order valence-corrected chi connectivity index (χ1v) is 12.7. The van der Waals surface area contributed by atoms with Crippen LogP contribution in [0.3, 0.4) is 0 Å². The van der Waals surface area contributed by atoms with E-state index in [9.17, 15) is 18.3 Å². The number of hydrogen-bond acceptors (Lipinski definition) is 6. The molecule has 4 rings (SSSR count). The van der Waals surface area contributed by atoms with E-state index in [0.29, 0.717) is 17.9 Å². The molecule has 0 unspecified atom stereocenters. The Morgan fingerprint density at radius 3 is 2.44 bits per heavy atom. The standard InChI is InChI=1S/C27H25N3O5S/c1-2-35-26-15-9-8-14-24(26)30(36(33,34)21-11-4-3-5-12-21)19-27(32)29-28-18-23-22-13-7-6-10-20(22)16-17-25(23)31/h3-18,31H,2,19H2,1H3,(H,29,32)/b28-18+. The fourth-order valence-corrected chi connectivity index (χ4v) is 5.17. The maximum Gasteiger partial charge on any atom is 0.264 e. The molecule has 4 aromatic rings. The Hall–Kier alpha value is -4.37. The van der Waals surface area contributed by atoms with Crippen LogP contribution in [0.25, 0.3) is 10.8 Å². The van der Waals surface area contributed by atoms with Gasteiger partial charge in [0.1, 0.15) is 18.0 Å². The summed E-state index contributed by atoms with van der Waals surface area (Å²) in [6.45, 7) is 1.57. The molecule has 8 nitrogen and oxygen atoms in total. The Morgan fingerprint density at radius 1 is 0.972 bits per heavy atom. The number of amides is 1. The number of anilines is 1. The van der Waals surface area contributed by atoms with Crippen LogP contribution in [0, 0.1) is 0 Å². The van der Waals surface area contributed by atoms with E-state index in [0.717, 1.165) is 15.1 Å². The lowest BCUT2D eigenvalue weighted by molar-refractivity contribution is -0.119. The normalized spacial score (nSPS) is 11.5. The molecule has 0 aromatic heterocycles. The van der Waals surface area contributed by atoms with Crippen molar-refractivity contribution in [1.82, 2.24) is 5.43 Å². The monoisotopic (exact) mass is 503 g/mol. The summed E-state index contributed by atoms with van der Waals surface area (Å²) in [6, 6.07) is 25.2. The largest absolute Gasteiger partial charge is 0.507 e. The molecule has 2 N–H and O–H groups in total. The zero-order valence-electron chi connectivity index (χ0n) is 19.5. The summed E-state index contributed by atoms with van der Waals surface area (Å²) < 4.78 is 33.7. The molecule has 0 bridgehead atoms. The second-order valence-electron chi connectivity index (χ2n) is 7.74. The number of phenols is 1. The molecule has 9 heteroatoms. The van der Waals surface area contributed by atoms with Gasteiger partial charge in [-0.2, -0.15) is 5.10 Å². The molecule has 0 aliphatic heterocycles. The average molecular weight is 504 g/mol. The number of sulfonamides is 1. The maximum absolute atomic E-state index is 13.5. The molecule has 4 aromatic carbocycles. The molecule has 184 valence electrons. The van der Waals surface area contributed by atoms with E-state index in [1.54, 1.807) is 61.5 Å². The fraction of sp³-hybridized carbons (Fsp3) is 0.111. The predicted molar refractivity (Wildman–Crippen MR) is 140 cm³/mol. The summed E-state index contributed by atoms with van der Waals surface area (Å²) in [7, 11) is -4.10. The van der Waals surface area contributed by atoms with Gasteiger partial charge in [-0.3, -0.25) is 9.10 Å².